The Labute approximate surface area is 118 Å². The van der Waals surface area contributed by atoms with Crippen molar-refractivity contribution in [3.05, 3.63) is 24.0 Å². The summed E-state index contributed by atoms with van der Waals surface area (Å²) < 4.78 is 44.7. The fourth-order valence-corrected chi connectivity index (χ4v) is 3.83. The Kier molecular flexibility index (Phi) is 4.82. The van der Waals surface area contributed by atoms with Crippen molar-refractivity contribution in [2.45, 2.75) is 12.8 Å². The minimum Gasteiger partial charge on any atom is -0.494 e. The molecule has 1 aliphatic heterocycles. The molecular weight excluding hydrogens is 283 g/mol. The largest absolute Gasteiger partial charge is 0.494 e. The third-order valence-corrected chi connectivity index (χ3v) is 4.80. The lowest BCUT2D eigenvalue weighted by Crippen LogP contribution is -2.33. The molecule has 1 saturated heterocycles. The molecule has 0 atom stereocenters. The van der Waals surface area contributed by atoms with E-state index in [2.05, 4.69) is 10.0 Å². The first-order valence-corrected chi connectivity index (χ1v) is 8.20. The maximum Gasteiger partial charge on any atom is 0.232 e. The molecule has 0 saturated carbocycles. The number of rotatable bonds is 5. The molecule has 0 aliphatic carbocycles. The van der Waals surface area contributed by atoms with E-state index in [0.717, 1.165) is 25.9 Å². The second-order valence-electron chi connectivity index (χ2n) is 4.93. The number of anilines is 1. The van der Waals surface area contributed by atoms with Gasteiger partial charge in [0.25, 0.3) is 0 Å². The first-order chi connectivity index (χ1) is 9.50. The number of hydrogen-bond acceptors (Lipinski definition) is 4. The highest BCUT2D eigenvalue weighted by molar-refractivity contribution is 7.92. The van der Waals surface area contributed by atoms with Crippen LogP contribution in [-0.2, 0) is 10.0 Å². The van der Waals surface area contributed by atoms with Crippen molar-refractivity contribution < 1.29 is 17.5 Å². The van der Waals surface area contributed by atoms with Gasteiger partial charge in [0.05, 0.1) is 18.6 Å². The average molecular weight is 302 g/mol. The van der Waals surface area contributed by atoms with Crippen molar-refractivity contribution in [2.24, 2.45) is 5.92 Å². The first-order valence-electron chi connectivity index (χ1n) is 6.55. The van der Waals surface area contributed by atoms with Gasteiger partial charge in [-0.2, -0.15) is 0 Å². The highest BCUT2D eigenvalue weighted by atomic mass is 32.2. The maximum absolute atomic E-state index is 13.3. The lowest BCUT2D eigenvalue weighted by atomic mass is 10.0. The molecule has 1 heterocycles. The van der Waals surface area contributed by atoms with E-state index < -0.39 is 15.8 Å². The normalized spacial score (nSPS) is 16.9. The Morgan fingerprint density at radius 2 is 2.10 bits per heavy atom. The minimum absolute atomic E-state index is 0.0204. The van der Waals surface area contributed by atoms with Gasteiger partial charge in [-0.3, -0.25) is 4.72 Å². The van der Waals surface area contributed by atoms with Gasteiger partial charge in [0.1, 0.15) is 0 Å². The molecule has 1 aromatic carbocycles. The van der Waals surface area contributed by atoms with Gasteiger partial charge in [-0.25, -0.2) is 12.8 Å². The van der Waals surface area contributed by atoms with Gasteiger partial charge in [-0.1, -0.05) is 0 Å². The first kappa shape index (κ1) is 15.1. The Hall–Kier alpha value is -1.34. The van der Waals surface area contributed by atoms with Crippen molar-refractivity contribution in [1.29, 1.82) is 0 Å². The van der Waals surface area contributed by atoms with Crippen molar-refractivity contribution >= 4 is 15.7 Å². The fourth-order valence-electron chi connectivity index (χ4n) is 2.30. The molecule has 0 bridgehead atoms. The Morgan fingerprint density at radius 3 is 2.75 bits per heavy atom. The molecule has 2 rings (SSSR count). The van der Waals surface area contributed by atoms with Crippen LogP contribution >= 0.6 is 0 Å². The number of piperidine rings is 1. The van der Waals surface area contributed by atoms with Crippen molar-refractivity contribution in [3.63, 3.8) is 0 Å². The molecule has 5 nitrogen and oxygen atoms in total. The molecule has 2 N–H and O–H groups in total. The Bertz CT molecular complexity index is 557. The standard InChI is InChI=1S/C13H19FN2O3S/c1-19-13-8-11(2-3-12(13)14)16-20(17,18)9-10-4-6-15-7-5-10/h2-3,8,10,15-16H,4-7,9H2,1H3. The van der Waals surface area contributed by atoms with Gasteiger partial charge in [-0.05, 0) is 44.0 Å². The highest BCUT2D eigenvalue weighted by Crippen LogP contribution is 2.23. The number of ether oxygens (including phenoxy) is 1. The Morgan fingerprint density at radius 1 is 1.40 bits per heavy atom. The maximum atomic E-state index is 13.3. The average Bonchev–Trinajstić information content (AvgIpc) is 2.41. The summed E-state index contributed by atoms with van der Waals surface area (Å²) in [5.74, 6) is -0.245. The van der Waals surface area contributed by atoms with Crippen LogP contribution in [0, 0.1) is 11.7 Å². The fraction of sp³-hybridized carbons (Fsp3) is 0.538. The molecule has 0 radical (unpaired) electrons. The van der Waals surface area contributed by atoms with Gasteiger partial charge in [-0.15, -0.1) is 0 Å². The molecule has 112 valence electrons. The van der Waals surface area contributed by atoms with Crippen LogP contribution in [-0.4, -0.2) is 34.4 Å². The summed E-state index contributed by atoms with van der Waals surface area (Å²) in [6.45, 7) is 1.70. The zero-order valence-electron chi connectivity index (χ0n) is 11.4. The van der Waals surface area contributed by atoms with Crippen LogP contribution in [0.4, 0.5) is 10.1 Å². The highest BCUT2D eigenvalue weighted by Gasteiger charge is 2.21. The summed E-state index contributed by atoms with van der Waals surface area (Å²) in [4.78, 5) is 0. The van der Waals surface area contributed by atoms with Crippen LogP contribution in [0.15, 0.2) is 18.2 Å². The number of benzene rings is 1. The summed E-state index contributed by atoms with van der Waals surface area (Å²) in [6.07, 6.45) is 1.71. The van der Waals surface area contributed by atoms with E-state index in [1.807, 2.05) is 0 Å². The molecule has 1 aromatic rings. The molecule has 0 aromatic heterocycles. The van der Waals surface area contributed by atoms with Crippen LogP contribution in [0.5, 0.6) is 5.75 Å². The van der Waals surface area contributed by atoms with Crippen molar-refractivity contribution in [3.8, 4) is 5.75 Å². The van der Waals surface area contributed by atoms with Crippen molar-refractivity contribution in [1.82, 2.24) is 5.32 Å². The van der Waals surface area contributed by atoms with Gasteiger partial charge in [0.15, 0.2) is 11.6 Å². The molecule has 1 aliphatic rings. The van der Waals surface area contributed by atoms with Crippen LogP contribution in [0.2, 0.25) is 0 Å². The zero-order chi connectivity index (χ0) is 14.6. The number of nitrogens with one attached hydrogen (secondary N) is 2. The van der Waals surface area contributed by atoms with Crippen LogP contribution < -0.4 is 14.8 Å². The number of hydrogen-bond donors (Lipinski definition) is 2. The number of sulfonamides is 1. The molecule has 0 unspecified atom stereocenters. The van der Waals surface area contributed by atoms with Gasteiger partial charge >= 0.3 is 0 Å². The third kappa shape index (κ3) is 4.08. The molecule has 0 spiro atoms. The third-order valence-electron chi connectivity index (χ3n) is 3.34. The van der Waals surface area contributed by atoms with E-state index in [1.165, 1.54) is 25.3 Å². The second-order valence-corrected chi connectivity index (χ2v) is 6.69. The Balaban J connectivity index is 2.03. The number of halogens is 1. The topological polar surface area (TPSA) is 67.4 Å². The molecule has 0 amide bonds. The summed E-state index contributed by atoms with van der Waals surface area (Å²) in [5.41, 5.74) is 0.317. The lowest BCUT2D eigenvalue weighted by Gasteiger charge is -2.22. The second kappa shape index (κ2) is 6.41. The summed E-state index contributed by atoms with van der Waals surface area (Å²) in [5, 5.41) is 3.20. The summed E-state index contributed by atoms with van der Waals surface area (Å²) in [7, 11) is -2.09. The lowest BCUT2D eigenvalue weighted by molar-refractivity contribution is 0.387. The van der Waals surface area contributed by atoms with E-state index >= 15 is 0 Å². The monoisotopic (exact) mass is 302 g/mol. The SMILES string of the molecule is COc1cc(NS(=O)(=O)CC2CCNCC2)ccc1F. The van der Waals surface area contributed by atoms with E-state index in [-0.39, 0.29) is 17.4 Å². The van der Waals surface area contributed by atoms with Gasteiger partial charge < -0.3 is 10.1 Å². The number of methoxy groups -OCH3 is 1. The van der Waals surface area contributed by atoms with E-state index in [4.69, 9.17) is 4.74 Å². The molecular formula is C13H19FN2O3S. The quantitative estimate of drug-likeness (QED) is 0.866. The molecule has 1 fully saturated rings. The van der Waals surface area contributed by atoms with E-state index in [0.29, 0.717) is 5.69 Å². The van der Waals surface area contributed by atoms with Gasteiger partial charge in [0, 0.05) is 6.07 Å². The molecule has 20 heavy (non-hydrogen) atoms. The summed E-state index contributed by atoms with van der Waals surface area (Å²) in [6, 6.07) is 3.91. The van der Waals surface area contributed by atoms with Crippen LogP contribution in [0.25, 0.3) is 0 Å². The molecule has 7 heteroatoms. The van der Waals surface area contributed by atoms with Crippen LogP contribution in [0.3, 0.4) is 0 Å². The van der Waals surface area contributed by atoms with Crippen molar-refractivity contribution in [2.75, 3.05) is 30.7 Å². The smallest absolute Gasteiger partial charge is 0.232 e. The predicted molar refractivity (Wildman–Crippen MR) is 76.0 cm³/mol. The van der Waals surface area contributed by atoms with E-state index in [1.54, 1.807) is 0 Å². The summed E-state index contributed by atoms with van der Waals surface area (Å²) >= 11 is 0. The van der Waals surface area contributed by atoms with Crippen LogP contribution in [0.1, 0.15) is 12.8 Å². The minimum atomic E-state index is -3.43. The van der Waals surface area contributed by atoms with E-state index in [9.17, 15) is 12.8 Å². The van der Waals surface area contributed by atoms with Gasteiger partial charge in [0.2, 0.25) is 10.0 Å². The predicted octanol–water partition coefficient (Wildman–Crippen LogP) is 1.58. The zero-order valence-corrected chi connectivity index (χ0v) is 12.2.